The number of carbonyl (C=O) groups is 1. The van der Waals surface area contributed by atoms with E-state index in [1.165, 1.54) is 10.2 Å². The molecule has 1 aromatic heterocycles. The van der Waals surface area contributed by atoms with Crippen LogP contribution in [0.4, 0.5) is 4.79 Å². The largest absolute Gasteiger partial charge is 0.346 e. The second-order valence-corrected chi connectivity index (χ2v) is 7.57. The molecule has 0 spiro atoms. The smallest absolute Gasteiger partial charge is 0.338 e. The lowest BCUT2D eigenvalue weighted by molar-refractivity contribution is 0.240. The summed E-state index contributed by atoms with van der Waals surface area (Å²) in [5.41, 5.74) is 2.09. The lowest BCUT2D eigenvalue weighted by atomic mass is 10.1. The van der Waals surface area contributed by atoms with Crippen molar-refractivity contribution in [3.05, 3.63) is 76.7 Å². The molecule has 0 aliphatic heterocycles. The van der Waals surface area contributed by atoms with Gasteiger partial charge in [0.25, 0.3) is 0 Å². The highest BCUT2D eigenvalue weighted by Gasteiger charge is 2.30. The summed E-state index contributed by atoms with van der Waals surface area (Å²) in [7, 11) is 0. The Bertz CT molecular complexity index is 1020. The van der Waals surface area contributed by atoms with Crippen LogP contribution in [0.5, 0.6) is 0 Å². The van der Waals surface area contributed by atoms with Crippen LogP contribution in [0.3, 0.4) is 0 Å². The van der Waals surface area contributed by atoms with Crippen molar-refractivity contribution in [2.24, 2.45) is 0 Å². The van der Waals surface area contributed by atoms with Crippen LogP contribution in [0.15, 0.2) is 65.5 Å². The lowest BCUT2D eigenvalue weighted by Crippen LogP contribution is -2.39. The predicted molar refractivity (Wildman–Crippen MR) is 116 cm³/mol. The number of hydrogen-bond donors (Lipinski definition) is 2. The lowest BCUT2D eigenvalue weighted by Gasteiger charge is -2.07. The number of aryl methyl sites for hydroxylation is 1. The molecule has 3 aromatic rings. The van der Waals surface area contributed by atoms with E-state index in [1.54, 1.807) is 4.57 Å². The third kappa shape index (κ3) is 4.97. The molecule has 156 valence electrons. The summed E-state index contributed by atoms with van der Waals surface area (Å²) in [4.78, 5) is 24.8. The van der Waals surface area contributed by atoms with E-state index in [0.717, 1.165) is 31.2 Å². The van der Waals surface area contributed by atoms with Crippen molar-refractivity contribution in [1.82, 2.24) is 25.0 Å². The molecule has 1 fully saturated rings. The first kappa shape index (κ1) is 19.9. The van der Waals surface area contributed by atoms with E-state index in [0.29, 0.717) is 25.5 Å². The number of benzene rings is 2. The first-order valence-electron chi connectivity index (χ1n) is 10.5. The Hall–Kier alpha value is -3.35. The van der Waals surface area contributed by atoms with Crippen LogP contribution in [0, 0.1) is 0 Å². The van der Waals surface area contributed by atoms with Crippen molar-refractivity contribution in [2.75, 3.05) is 13.1 Å². The zero-order chi connectivity index (χ0) is 20.8. The highest BCUT2D eigenvalue weighted by Crippen LogP contribution is 2.36. The van der Waals surface area contributed by atoms with Gasteiger partial charge >= 0.3 is 11.7 Å². The van der Waals surface area contributed by atoms with Gasteiger partial charge in [-0.1, -0.05) is 60.7 Å². The van der Waals surface area contributed by atoms with Crippen molar-refractivity contribution in [3.8, 4) is 11.4 Å². The fourth-order valence-corrected chi connectivity index (χ4v) is 3.49. The Labute approximate surface area is 175 Å². The van der Waals surface area contributed by atoms with E-state index in [9.17, 15) is 9.59 Å². The molecule has 0 unspecified atom stereocenters. The first-order valence-corrected chi connectivity index (χ1v) is 10.5. The van der Waals surface area contributed by atoms with Gasteiger partial charge in [-0.05, 0) is 31.2 Å². The number of rotatable bonds is 9. The monoisotopic (exact) mass is 405 g/mol. The molecule has 0 bridgehead atoms. The van der Waals surface area contributed by atoms with E-state index >= 15 is 0 Å². The van der Waals surface area contributed by atoms with Crippen LogP contribution in [0.2, 0.25) is 0 Å². The van der Waals surface area contributed by atoms with Gasteiger partial charge in [-0.3, -0.25) is 4.57 Å². The summed E-state index contributed by atoms with van der Waals surface area (Å²) in [5, 5.41) is 10.2. The summed E-state index contributed by atoms with van der Waals surface area (Å²) >= 11 is 0. The molecule has 0 atom stereocenters. The summed E-state index contributed by atoms with van der Waals surface area (Å²) < 4.78 is 3.25. The molecule has 7 nitrogen and oxygen atoms in total. The highest BCUT2D eigenvalue weighted by atomic mass is 16.2. The van der Waals surface area contributed by atoms with Gasteiger partial charge < -0.3 is 10.6 Å². The Morgan fingerprint density at radius 3 is 2.33 bits per heavy atom. The third-order valence-corrected chi connectivity index (χ3v) is 5.19. The van der Waals surface area contributed by atoms with Crippen molar-refractivity contribution >= 4 is 6.03 Å². The van der Waals surface area contributed by atoms with Gasteiger partial charge in [-0.2, -0.15) is 0 Å². The molecule has 2 amide bonds. The van der Waals surface area contributed by atoms with Gasteiger partial charge in [0, 0.05) is 24.7 Å². The Balaban J connectivity index is 1.27. The SMILES string of the molecule is O=C(NCCCc1ccccc1)NCCn1nc(-c2ccccc2)n(C2CC2)c1=O. The first-order chi connectivity index (χ1) is 14.7. The van der Waals surface area contributed by atoms with Gasteiger partial charge in [-0.15, -0.1) is 5.10 Å². The summed E-state index contributed by atoms with van der Waals surface area (Å²) in [6, 6.07) is 20.0. The van der Waals surface area contributed by atoms with Gasteiger partial charge in [0.1, 0.15) is 0 Å². The molecule has 7 heteroatoms. The molecule has 1 heterocycles. The van der Waals surface area contributed by atoms with Crippen molar-refractivity contribution in [3.63, 3.8) is 0 Å². The van der Waals surface area contributed by atoms with Crippen LogP contribution < -0.4 is 16.3 Å². The van der Waals surface area contributed by atoms with Crippen molar-refractivity contribution < 1.29 is 4.79 Å². The maximum Gasteiger partial charge on any atom is 0.346 e. The fourth-order valence-electron chi connectivity index (χ4n) is 3.49. The average Bonchev–Trinajstić information content (AvgIpc) is 3.56. The van der Waals surface area contributed by atoms with E-state index < -0.39 is 0 Å². The Morgan fingerprint density at radius 1 is 0.967 bits per heavy atom. The predicted octanol–water partition coefficient (Wildman–Crippen LogP) is 2.98. The summed E-state index contributed by atoms with van der Waals surface area (Å²) in [5.74, 6) is 0.702. The number of hydrogen-bond acceptors (Lipinski definition) is 3. The van der Waals surface area contributed by atoms with E-state index in [1.807, 2.05) is 48.5 Å². The second kappa shape index (κ2) is 9.43. The number of nitrogens with zero attached hydrogens (tertiary/aromatic N) is 3. The zero-order valence-electron chi connectivity index (χ0n) is 17.0. The second-order valence-electron chi connectivity index (χ2n) is 7.57. The minimum atomic E-state index is -0.221. The zero-order valence-corrected chi connectivity index (χ0v) is 17.0. The van der Waals surface area contributed by atoms with Gasteiger partial charge in [0.15, 0.2) is 5.82 Å². The molecular formula is C23H27N5O2. The van der Waals surface area contributed by atoms with E-state index in [4.69, 9.17) is 0 Å². The van der Waals surface area contributed by atoms with Gasteiger partial charge in [0.2, 0.25) is 0 Å². The van der Waals surface area contributed by atoms with Crippen LogP contribution in [0.1, 0.15) is 30.9 Å². The van der Waals surface area contributed by atoms with Crippen molar-refractivity contribution in [2.45, 2.75) is 38.3 Å². The van der Waals surface area contributed by atoms with Crippen LogP contribution in [0.25, 0.3) is 11.4 Å². The molecule has 1 saturated carbocycles. The average molecular weight is 406 g/mol. The minimum Gasteiger partial charge on any atom is -0.338 e. The molecule has 1 aliphatic carbocycles. The fraction of sp³-hybridized carbons (Fsp3) is 0.348. The summed E-state index contributed by atoms with van der Waals surface area (Å²) in [6.45, 7) is 1.30. The minimum absolute atomic E-state index is 0.110. The van der Waals surface area contributed by atoms with Crippen LogP contribution >= 0.6 is 0 Å². The van der Waals surface area contributed by atoms with E-state index in [-0.39, 0.29) is 17.8 Å². The quantitative estimate of drug-likeness (QED) is 0.537. The van der Waals surface area contributed by atoms with Crippen LogP contribution in [-0.2, 0) is 13.0 Å². The highest BCUT2D eigenvalue weighted by molar-refractivity contribution is 5.73. The molecule has 1 aliphatic rings. The molecule has 0 radical (unpaired) electrons. The molecule has 2 N–H and O–H groups in total. The van der Waals surface area contributed by atoms with E-state index in [2.05, 4.69) is 27.9 Å². The number of nitrogens with one attached hydrogen (secondary N) is 2. The molecule has 0 saturated heterocycles. The number of urea groups is 1. The maximum absolute atomic E-state index is 12.8. The molecule has 30 heavy (non-hydrogen) atoms. The number of amides is 2. The molecule has 4 rings (SSSR count). The Morgan fingerprint density at radius 2 is 1.63 bits per heavy atom. The summed E-state index contributed by atoms with van der Waals surface area (Å²) in [6.07, 6.45) is 3.82. The normalized spacial score (nSPS) is 13.2. The van der Waals surface area contributed by atoms with Gasteiger partial charge in [-0.25, -0.2) is 14.3 Å². The molecule has 2 aromatic carbocycles. The molecular weight excluding hydrogens is 378 g/mol. The topological polar surface area (TPSA) is 81.0 Å². The maximum atomic E-state index is 12.8. The third-order valence-electron chi connectivity index (χ3n) is 5.19. The standard InChI is InChI=1S/C23H27N5O2/c29-22(24-15-7-10-18-8-3-1-4-9-18)25-16-17-27-23(30)28(20-13-14-20)21(26-27)19-11-5-2-6-12-19/h1-6,8-9,11-12,20H,7,10,13-17H2,(H2,24,25,29). The number of carbonyl (C=O) groups excluding carboxylic acids is 1. The number of aromatic nitrogens is 3. The van der Waals surface area contributed by atoms with Crippen LogP contribution in [-0.4, -0.2) is 33.5 Å². The van der Waals surface area contributed by atoms with Gasteiger partial charge in [0.05, 0.1) is 6.54 Å². The van der Waals surface area contributed by atoms with Crippen molar-refractivity contribution in [1.29, 1.82) is 0 Å². The Kier molecular flexibility index (Phi) is 6.27.